The maximum absolute atomic E-state index is 11.9. The van der Waals surface area contributed by atoms with Gasteiger partial charge in [-0.3, -0.25) is 14.8 Å². The molecule has 0 unspecified atom stereocenters. The van der Waals surface area contributed by atoms with Gasteiger partial charge in [0.15, 0.2) is 5.82 Å². The Morgan fingerprint density at radius 2 is 2.12 bits per heavy atom. The van der Waals surface area contributed by atoms with Crippen molar-refractivity contribution in [3.05, 3.63) is 42.1 Å². The normalized spacial score (nSPS) is 9.94. The number of aryl methyl sites for hydroxylation is 1. The summed E-state index contributed by atoms with van der Waals surface area (Å²) in [5.74, 6) is 0.0853. The molecule has 2 rings (SSSR count). The van der Waals surface area contributed by atoms with E-state index in [0.29, 0.717) is 22.8 Å². The van der Waals surface area contributed by atoms with Crippen molar-refractivity contribution in [3.8, 4) is 0 Å². The fourth-order valence-corrected chi connectivity index (χ4v) is 1.33. The molecule has 17 heavy (non-hydrogen) atoms. The molecule has 0 bridgehead atoms. The number of nitrogen functional groups attached to an aromatic ring is 1. The SMILES string of the molecule is Cc1ncc(N)cc1C(=O)Nc1cnccn1. The predicted molar refractivity (Wildman–Crippen MR) is 63.4 cm³/mol. The summed E-state index contributed by atoms with van der Waals surface area (Å²) < 4.78 is 0. The first kappa shape index (κ1) is 11.0. The summed E-state index contributed by atoms with van der Waals surface area (Å²) in [5.41, 5.74) is 7.07. The van der Waals surface area contributed by atoms with E-state index in [2.05, 4.69) is 20.3 Å². The van der Waals surface area contributed by atoms with Crippen molar-refractivity contribution in [1.82, 2.24) is 15.0 Å². The van der Waals surface area contributed by atoms with Crippen molar-refractivity contribution >= 4 is 17.4 Å². The van der Waals surface area contributed by atoms with Gasteiger partial charge < -0.3 is 11.1 Å². The summed E-state index contributed by atoms with van der Waals surface area (Å²) in [5, 5.41) is 2.62. The van der Waals surface area contributed by atoms with E-state index in [1.807, 2.05) is 0 Å². The first-order chi connectivity index (χ1) is 8.16. The van der Waals surface area contributed by atoms with E-state index in [1.54, 1.807) is 13.0 Å². The Bertz CT molecular complexity index is 541. The summed E-state index contributed by atoms with van der Waals surface area (Å²) in [4.78, 5) is 23.7. The van der Waals surface area contributed by atoms with E-state index in [9.17, 15) is 4.79 Å². The number of pyridine rings is 1. The van der Waals surface area contributed by atoms with Gasteiger partial charge in [0.2, 0.25) is 0 Å². The molecule has 0 saturated heterocycles. The number of anilines is 2. The van der Waals surface area contributed by atoms with Crippen molar-refractivity contribution in [3.63, 3.8) is 0 Å². The van der Waals surface area contributed by atoms with Gasteiger partial charge in [-0.25, -0.2) is 4.98 Å². The molecule has 0 fully saturated rings. The second-order valence-electron chi connectivity index (χ2n) is 3.45. The molecule has 0 radical (unpaired) electrons. The minimum Gasteiger partial charge on any atom is -0.397 e. The fourth-order valence-electron chi connectivity index (χ4n) is 1.33. The Hall–Kier alpha value is -2.50. The lowest BCUT2D eigenvalue weighted by atomic mass is 10.2. The fraction of sp³-hybridized carbons (Fsp3) is 0.0909. The molecule has 86 valence electrons. The number of hydrogen-bond donors (Lipinski definition) is 2. The van der Waals surface area contributed by atoms with E-state index < -0.39 is 0 Å². The molecular formula is C11H11N5O. The van der Waals surface area contributed by atoms with Crippen LogP contribution in [0.3, 0.4) is 0 Å². The Kier molecular flexibility index (Phi) is 2.95. The quantitative estimate of drug-likeness (QED) is 0.801. The molecule has 2 aromatic heterocycles. The molecule has 0 atom stereocenters. The number of amides is 1. The molecule has 2 heterocycles. The number of nitrogens with one attached hydrogen (secondary N) is 1. The van der Waals surface area contributed by atoms with E-state index >= 15 is 0 Å². The lowest BCUT2D eigenvalue weighted by Crippen LogP contribution is -2.15. The van der Waals surface area contributed by atoms with Crippen LogP contribution in [0.5, 0.6) is 0 Å². The number of aromatic nitrogens is 3. The zero-order valence-electron chi connectivity index (χ0n) is 9.21. The minimum atomic E-state index is -0.303. The maximum Gasteiger partial charge on any atom is 0.258 e. The van der Waals surface area contributed by atoms with Crippen molar-refractivity contribution in [1.29, 1.82) is 0 Å². The number of rotatable bonds is 2. The van der Waals surface area contributed by atoms with Gasteiger partial charge in [0.1, 0.15) is 0 Å². The highest BCUT2D eigenvalue weighted by atomic mass is 16.1. The average Bonchev–Trinajstić information content (AvgIpc) is 2.33. The second-order valence-corrected chi connectivity index (χ2v) is 3.45. The summed E-state index contributed by atoms with van der Waals surface area (Å²) in [6.07, 6.45) is 6.00. The third kappa shape index (κ3) is 2.54. The molecule has 0 aliphatic rings. The lowest BCUT2D eigenvalue weighted by Gasteiger charge is -2.06. The van der Waals surface area contributed by atoms with Crippen molar-refractivity contribution in [2.45, 2.75) is 6.92 Å². The van der Waals surface area contributed by atoms with Crippen LogP contribution in [0, 0.1) is 6.92 Å². The number of nitrogens with two attached hydrogens (primary N) is 1. The van der Waals surface area contributed by atoms with Gasteiger partial charge in [0.25, 0.3) is 5.91 Å². The number of nitrogens with zero attached hydrogens (tertiary/aromatic N) is 3. The van der Waals surface area contributed by atoms with Crippen LogP contribution in [-0.2, 0) is 0 Å². The molecule has 6 nitrogen and oxygen atoms in total. The van der Waals surface area contributed by atoms with Gasteiger partial charge >= 0.3 is 0 Å². The van der Waals surface area contributed by atoms with Gasteiger partial charge in [0, 0.05) is 12.4 Å². The van der Waals surface area contributed by atoms with E-state index in [1.165, 1.54) is 24.8 Å². The standard InChI is InChI=1S/C11H11N5O/c1-7-9(4-8(12)5-15-7)11(17)16-10-6-13-2-3-14-10/h2-6H,12H2,1H3,(H,14,16,17). The highest BCUT2D eigenvalue weighted by Gasteiger charge is 2.11. The molecule has 0 saturated carbocycles. The average molecular weight is 229 g/mol. The molecular weight excluding hydrogens is 218 g/mol. The first-order valence-electron chi connectivity index (χ1n) is 4.96. The molecule has 2 aromatic rings. The van der Waals surface area contributed by atoms with Gasteiger partial charge in [-0.15, -0.1) is 0 Å². The molecule has 3 N–H and O–H groups in total. The van der Waals surface area contributed by atoms with Crippen LogP contribution in [0.25, 0.3) is 0 Å². The lowest BCUT2D eigenvalue weighted by molar-refractivity contribution is 0.102. The topological polar surface area (TPSA) is 93.8 Å². The number of carbonyl (C=O) groups is 1. The second kappa shape index (κ2) is 4.56. The van der Waals surface area contributed by atoms with Gasteiger partial charge in [-0.1, -0.05) is 0 Å². The van der Waals surface area contributed by atoms with Crippen LogP contribution in [0.15, 0.2) is 30.9 Å². The molecule has 6 heteroatoms. The monoisotopic (exact) mass is 229 g/mol. The highest BCUT2D eigenvalue weighted by Crippen LogP contribution is 2.11. The zero-order chi connectivity index (χ0) is 12.3. The Morgan fingerprint density at radius 1 is 1.29 bits per heavy atom. The van der Waals surface area contributed by atoms with Gasteiger partial charge in [0.05, 0.1) is 29.3 Å². The van der Waals surface area contributed by atoms with Crippen LogP contribution < -0.4 is 11.1 Å². The van der Waals surface area contributed by atoms with Gasteiger partial charge in [-0.2, -0.15) is 0 Å². The van der Waals surface area contributed by atoms with Crippen LogP contribution in [0.2, 0.25) is 0 Å². The first-order valence-corrected chi connectivity index (χ1v) is 4.96. The van der Waals surface area contributed by atoms with Crippen LogP contribution in [-0.4, -0.2) is 20.9 Å². The predicted octanol–water partition coefficient (Wildman–Crippen LogP) is 1.01. The van der Waals surface area contributed by atoms with Crippen molar-refractivity contribution in [2.24, 2.45) is 0 Å². The van der Waals surface area contributed by atoms with Crippen LogP contribution in [0.1, 0.15) is 16.1 Å². The summed E-state index contributed by atoms with van der Waals surface area (Å²) in [6, 6.07) is 1.58. The van der Waals surface area contributed by atoms with Crippen LogP contribution in [0.4, 0.5) is 11.5 Å². The minimum absolute atomic E-state index is 0.303. The smallest absolute Gasteiger partial charge is 0.258 e. The zero-order valence-corrected chi connectivity index (χ0v) is 9.21. The number of carbonyl (C=O) groups excluding carboxylic acids is 1. The Balaban J connectivity index is 2.23. The molecule has 0 aliphatic carbocycles. The largest absolute Gasteiger partial charge is 0.397 e. The third-order valence-electron chi connectivity index (χ3n) is 2.16. The highest BCUT2D eigenvalue weighted by molar-refractivity contribution is 6.04. The number of hydrogen-bond acceptors (Lipinski definition) is 5. The molecule has 0 spiro atoms. The van der Waals surface area contributed by atoms with Gasteiger partial charge in [-0.05, 0) is 13.0 Å². The summed E-state index contributed by atoms with van der Waals surface area (Å²) in [6.45, 7) is 1.74. The van der Waals surface area contributed by atoms with E-state index in [4.69, 9.17) is 5.73 Å². The Morgan fingerprint density at radius 3 is 2.82 bits per heavy atom. The third-order valence-corrected chi connectivity index (χ3v) is 2.16. The van der Waals surface area contributed by atoms with E-state index in [0.717, 1.165) is 0 Å². The maximum atomic E-state index is 11.9. The summed E-state index contributed by atoms with van der Waals surface area (Å²) in [7, 11) is 0. The van der Waals surface area contributed by atoms with Crippen molar-refractivity contribution < 1.29 is 4.79 Å². The van der Waals surface area contributed by atoms with Crippen LogP contribution >= 0.6 is 0 Å². The summed E-state index contributed by atoms with van der Waals surface area (Å²) >= 11 is 0. The molecule has 0 aromatic carbocycles. The molecule has 0 aliphatic heterocycles. The molecule has 1 amide bonds. The Labute approximate surface area is 97.9 Å². The van der Waals surface area contributed by atoms with E-state index in [-0.39, 0.29) is 5.91 Å². The van der Waals surface area contributed by atoms with Crippen molar-refractivity contribution in [2.75, 3.05) is 11.1 Å².